The fourth-order valence-electron chi connectivity index (χ4n) is 2.69. The molecule has 0 bridgehead atoms. The average molecular weight is 337 g/mol. The van der Waals surface area contributed by atoms with Gasteiger partial charge in [-0.25, -0.2) is 13.2 Å². The Labute approximate surface area is 137 Å². The van der Waals surface area contributed by atoms with Crippen LogP contribution >= 0.6 is 0 Å². The van der Waals surface area contributed by atoms with Crippen LogP contribution in [0.4, 0.5) is 13.2 Å². The number of nitrogens with two attached hydrogens (primary N) is 1. The Morgan fingerprint density at radius 1 is 1.21 bits per heavy atom. The minimum Gasteiger partial charge on any atom is -0.481 e. The Morgan fingerprint density at radius 3 is 2.29 bits per heavy atom. The fourth-order valence-corrected chi connectivity index (χ4v) is 2.69. The van der Waals surface area contributed by atoms with Crippen LogP contribution in [0.2, 0.25) is 0 Å². The summed E-state index contributed by atoms with van der Waals surface area (Å²) in [6.45, 7) is 2.69. The summed E-state index contributed by atoms with van der Waals surface area (Å²) in [5, 5.41) is 9.48. The number of aliphatic carboxylic acids is 1. The third-order valence-electron chi connectivity index (χ3n) is 4.34. The van der Waals surface area contributed by atoms with Crippen molar-refractivity contribution in [1.82, 2.24) is 0 Å². The van der Waals surface area contributed by atoms with Gasteiger partial charge < -0.3 is 10.8 Å². The van der Waals surface area contributed by atoms with Crippen LogP contribution in [0.3, 0.4) is 0 Å². The van der Waals surface area contributed by atoms with E-state index in [1.807, 2.05) is 0 Å². The van der Waals surface area contributed by atoms with E-state index in [1.54, 1.807) is 37.3 Å². The van der Waals surface area contributed by atoms with Gasteiger partial charge in [0.2, 0.25) is 0 Å². The average Bonchev–Trinajstić information content (AvgIpc) is 2.54. The first-order chi connectivity index (χ1) is 11.2. The van der Waals surface area contributed by atoms with E-state index in [0.717, 1.165) is 18.6 Å². The van der Waals surface area contributed by atoms with Gasteiger partial charge in [-0.15, -0.1) is 0 Å². The summed E-state index contributed by atoms with van der Waals surface area (Å²) in [6, 6.07) is 9.31. The van der Waals surface area contributed by atoms with E-state index in [9.17, 15) is 23.1 Å². The largest absolute Gasteiger partial charge is 0.481 e. The predicted molar refractivity (Wildman–Crippen MR) is 85.5 cm³/mol. The third-order valence-corrected chi connectivity index (χ3v) is 4.34. The zero-order valence-corrected chi connectivity index (χ0v) is 13.3. The molecular formula is C18H18F3NO2. The highest BCUT2D eigenvalue weighted by Gasteiger charge is 2.47. The minimum absolute atomic E-state index is 0.354. The molecule has 3 N–H and O–H groups in total. The molecule has 0 amide bonds. The van der Waals surface area contributed by atoms with E-state index in [2.05, 4.69) is 0 Å². The molecule has 2 aromatic rings. The molecule has 0 aliphatic heterocycles. The Balaban J connectivity index is 2.71. The van der Waals surface area contributed by atoms with E-state index >= 15 is 0 Å². The molecule has 0 aromatic heterocycles. The van der Waals surface area contributed by atoms with Crippen LogP contribution in [0.1, 0.15) is 18.1 Å². The van der Waals surface area contributed by atoms with Gasteiger partial charge in [-0.1, -0.05) is 30.3 Å². The minimum atomic E-state index is -3.10. The molecule has 0 spiro atoms. The van der Waals surface area contributed by atoms with Crippen molar-refractivity contribution in [2.45, 2.75) is 31.7 Å². The highest BCUT2D eigenvalue weighted by Crippen LogP contribution is 2.36. The summed E-state index contributed by atoms with van der Waals surface area (Å²) >= 11 is 0. The van der Waals surface area contributed by atoms with Gasteiger partial charge in [0.25, 0.3) is 6.43 Å². The van der Waals surface area contributed by atoms with Crippen molar-refractivity contribution < 1.29 is 23.1 Å². The van der Waals surface area contributed by atoms with E-state index in [4.69, 9.17) is 5.73 Å². The summed E-state index contributed by atoms with van der Waals surface area (Å²) in [5.41, 5.74) is 4.69. The molecule has 128 valence electrons. The molecule has 0 saturated heterocycles. The zero-order chi connectivity index (χ0) is 18.1. The SMILES string of the molecule is Cc1cc(F)c(C(C)(C(=O)O)C(N)C(F)F)cc1-c1ccccc1. The van der Waals surface area contributed by atoms with Crippen LogP contribution in [0.5, 0.6) is 0 Å². The Hall–Kier alpha value is -2.34. The summed E-state index contributed by atoms with van der Waals surface area (Å²) in [4.78, 5) is 11.7. The molecule has 2 unspecified atom stereocenters. The number of benzene rings is 2. The van der Waals surface area contributed by atoms with Crippen LogP contribution in [0, 0.1) is 12.7 Å². The van der Waals surface area contributed by atoms with E-state index in [1.165, 1.54) is 6.07 Å². The summed E-state index contributed by atoms with van der Waals surface area (Å²) < 4.78 is 40.6. The molecule has 0 aliphatic rings. The van der Waals surface area contributed by atoms with Crippen molar-refractivity contribution in [3.05, 3.63) is 59.4 Å². The lowest BCUT2D eigenvalue weighted by molar-refractivity contribution is -0.146. The van der Waals surface area contributed by atoms with Crippen LogP contribution in [0.15, 0.2) is 42.5 Å². The molecule has 0 aliphatic carbocycles. The second-order valence-corrected chi connectivity index (χ2v) is 5.88. The third kappa shape index (κ3) is 3.01. The Bertz CT molecular complexity index is 749. The normalized spacial score (nSPS) is 15.1. The van der Waals surface area contributed by atoms with Crippen LogP contribution in [-0.4, -0.2) is 23.5 Å². The lowest BCUT2D eigenvalue weighted by Crippen LogP contribution is -2.53. The number of rotatable bonds is 5. The number of carboxylic acids is 1. The van der Waals surface area contributed by atoms with Gasteiger partial charge in [-0.05, 0) is 42.7 Å². The second kappa shape index (κ2) is 6.65. The Kier molecular flexibility index (Phi) is 4.99. The number of aryl methyl sites for hydroxylation is 1. The topological polar surface area (TPSA) is 63.3 Å². The number of carboxylic acid groups (broad SMARTS) is 1. The van der Waals surface area contributed by atoms with Crippen LogP contribution < -0.4 is 5.73 Å². The molecule has 0 fully saturated rings. The second-order valence-electron chi connectivity index (χ2n) is 5.88. The molecule has 0 heterocycles. The van der Waals surface area contributed by atoms with E-state index < -0.39 is 29.7 Å². The Morgan fingerprint density at radius 2 is 1.79 bits per heavy atom. The van der Waals surface area contributed by atoms with Gasteiger partial charge >= 0.3 is 5.97 Å². The molecule has 2 aromatic carbocycles. The van der Waals surface area contributed by atoms with Crippen molar-refractivity contribution in [2.24, 2.45) is 5.73 Å². The van der Waals surface area contributed by atoms with Gasteiger partial charge in [-0.3, -0.25) is 4.79 Å². The van der Waals surface area contributed by atoms with Gasteiger partial charge in [0.05, 0.1) is 6.04 Å². The lowest BCUT2D eigenvalue weighted by atomic mass is 9.74. The molecular weight excluding hydrogens is 319 g/mol. The first-order valence-corrected chi connectivity index (χ1v) is 7.32. The zero-order valence-electron chi connectivity index (χ0n) is 13.3. The number of hydrogen-bond acceptors (Lipinski definition) is 2. The maximum atomic E-state index is 14.5. The maximum Gasteiger partial charge on any atom is 0.315 e. The lowest BCUT2D eigenvalue weighted by Gasteiger charge is -2.32. The highest BCUT2D eigenvalue weighted by atomic mass is 19.3. The number of halogens is 3. The quantitative estimate of drug-likeness (QED) is 0.874. The molecule has 0 saturated carbocycles. The smallest absolute Gasteiger partial charge is 0.315 e. The van der Waals surface area contributed by atoms with Crippen molar-refractivity contribution >= 4 is 5.97 Å². The molecule has 0 radical (unpaired) electrons. The summed E-state index contributed by atoms with van der Waals surface area (Å²) in [6.07, 6.45) is -3.10. The van der Waals surface area contributed by atoms with Crippen LogP contribution in [-0.2, 0) is 10.2 Å². The molecule has 6 heteroatoms. The standard InChI is InChI=1S/C18H18F3NO2/c1-10-8-14(19)13(9-12(10)11-6-4-3-5-7-11)18(2,17(23)24)15(22)16(20)21/h3-9,15-16H,22H2,1-2H3,(H,23,24). The predicted octanol–water partition coefficient (Wildman–Crippen LogP) is 3.74. The summed E-state index contributed by atoms with van der Waals surface area (Å²) in [5.74, 6) is -2.47. The van der Waals surface area contributed by atoms with E-state index in [-0.39, 0.29) is 5.56 Å². The van der Waals surface area contributed by atoms with Crippen molar-refractivity contribution in [1.29, 1.82) is 0 Å². The van der Waals surface area contributed by atoms with E-state index in [0.29, 0.717) is 11.1 Å². The summed E-state index contributed by atoms with van der Waals surface area (Å²) in [7, 11) is 0. The van der Waals surface area contributed by atoms with Gasteiger partial charge in [0, 0.05) is 5.56 Å². The van der Waals surface area contributed by atoms with Crippen molar-refractivity contribution in [3.8, 4) is 11.1 Å². The maximum absolute atomic E-state index is 14.5. The molecule has 24 heavy (non-hydrogen) atoms. The first-order valence-electron chi connectivity index (χ1n) is 7.32. The highest BCUT2D eigenvalue weighted by molar-refractivity contribution is 5.83. The fraction of sp³-hybridized carbons (Fsp3) is 0.278. The monoisotopic (exact) mass is 337 g/mol. The van der Waals surface area contributed by atoms with Crippen molar-refractivity contribution in [3.63, 3.8) is 0 Å². The molecule has 3 nitrogen and oxygen atoms in total. The first kappa shape index (κ1) is 18.0. The number of carbonyl (C=O) groups is 1. The van der Waals surface area contributed by atoms with Crippen molar-refractivity contribution in [2.75, 3.05) is 0 Å². The molecule has 2 rings (SSSR count). The number of alkyl halides is 2. The molecule has 2 atom stereocenters. The number of hydrogen-bond donors (Lipinski definition) is 2. The van der Waals surface area contributed by atoms with Gasteiger partial charge in [0.15, 0.2) is 0 Å². The van der Waals surface area contributed by atoms with Crippen LogP contribution in [0.25, 0.3) is 11.1 Å². The van der Waals surface area contributed by atoms with Gasteiger partial charge in [-0.2, -0.15) is 0 Å². The van der Waals surface area contributed by atoms with Gasteiger partial charge in [0.1, 0.15) is 11.2 Å².